The maximum absolute atomic E-state index is 14.1. The first-order valence-electron chi connectivity index (χ1n) is 8.52. The fourth-order valence-corrected chi connectivity index (χ4v) is 3.30. The van der Waals surface area contributed by atoms with Gasteiger partial charge >= 0.3 is 5.97 Å². The highest BCUT2D eigenvalue weighted by molar-refractivity contribution is 5.97. The van der Waals surface area contributed by atoms with E-state index in [1.165, 1.54) is 13.8 Å². The Labute approximate surface area is 159 Å². The van der Waals surface area contributed by atoms with E-state index in [4.69, 9.17) is 4.74 Å². The van der Waals surface area contributed by atoms with Crippen LogP contribution in [0.2, 0.25) is 0 Å². The lowest BCUT2D eigenvalue weighted by molar-refractivity contribution is -0.149. The van der Waals surface area contributed by atoms with Gasteiger partial charge in [0.1, 0.15) is 12.2 Å². The second-order valence-corrected chi connectivity index (χ2v) is 7.95. The molecule has 1 aliphatic rings. The number of aliphatic hydroxyl groups is 1. The number of methoxy groups -OCH3 is 1. The fraction of sp³-hybridized carbons (Fsp3) is 0.579. The van der Waals surface area contributed by atoms with Crippen molar-refractivity contribution >= 4 is 11.8 Å². The van der Waals surface area contributed by atoms with Crippen LogP contribution in [0.15, 0.2) is 0 Å². The van der Waals surface area contributed by atoms with Crippen molar-refractivity contribution < 1.29 is 41.7 Å². The molecule has 0 aliphatic heterocycles. The predicted molar refractivity (Wildman–Crippen MR) is 88.8 cm³/mol. The average Bonchev–Trinajstić information content (AvgIpc) is 3.17. The summed E-state index contributed by atoms with van der Waals surface area (Å²) < 4.78 is 65.4. The van der Waals surface area contributed by atoms with E-state index in [2.05, 4.69) is 4.74 Å². The maximum Gasteiger partial charge on any atom is 0.310 e. The summed E-state index contributed by atoms with van der Waals surface area (Å²) in [5.74, 6) is -9.93. The van der Waals surface area contributed by atoms with Crippen LogP contribution >= 0.6 is 0 Å². The number of hydrogen-bond acceptors (Lipinski definition) is 5. The summed E-state index contributed by atoms with van der Waals surface area (Å²) in [6.45, 7) is 4.05. The minimum Gasteiger partial charge on any atom is -0.460 e. The lowest BCUT2D eigenvalue weighted by Gasteiger charge is -2.16. The van der Waals surface area contributed by atoms with Crippen LogP contribution in [-0.4, -0.2) is 29.6 Å². The molecule has 1 aromatic carbocycles. The number of ketones is 1. The largest absolute Gasteiger partial charge is 0.460 e. The number of benzene rings is 1. The number of halogens is 4. The summed E-state index contributed by atoms with van der Waals surface area (Å²) in [5.41, 5.74) is -4.48. The highest BCUT2D eigenvalue weighted by Crippen LogP contribution is 2.60. The Morgan fingerprint density at radius 3 is 1.79 bits per heavy atom. The first-order valence-corrected chi connectivity index (χ1v) is 8.52. The highest BCUT2D eigenvalue weighted by Gasteiger charge is 2.67. The van der Waals surface area contributed by atoms with Crippen LogP contribution in [0.4, 0.5) is 17.6 Å². The number of esters is 1. The maximum atomic E-state index is 14.1. The molecule has 9 heteroatoms. The van der Waals surface area contributed by atoms with Crippen LogP contribution in [0.3, 0.4) is 0 Å². The van der Waals surface area contributed by atoms with E-state index in [0.717, 1.165) is 7.11 Å². The van der Waals surface area contributed by atoms with Crippen molar-refractivity contribution in [3.63, 3.8) is 0 Å². The summed E-state index contributed by atoms with van der Waals surface area (Å²) >= 11 is 0. The first-order chi connectivity index (χ1) is 12.8. The molecule has 1 saturated carbocycles. The van der Waals surface area contributed by atoms with E-state index in [1.807, 2.05) is 0 Å². The Kier molecular flexibility index (Phi) is 5.92. The van der Waals surface area contributed by atoms with Crippen LogP contribution in [-0.2, 0) is 32.3 Å². The van der Waals surface area contributed by atoms with Crippen molar-refractivity contribution in [2.45, 2.75) is 46.5 Å². The zero-order valence-electron chi connectivity index (χ0n) is 16.2. The smallest absolute Gasteiger partial charge is 0.310 e. The van der Waals surface area contributed by atoms with Crippen LogP contribution in [0.5, 0.6) is 0 Å². The van der Waals surface area contributed by atoms with Gasteiger partial charge in [-0.25, -0.2) is 17.6 Å². The predicted octanol–water partition coefficient (Wildman–Crippen LogP) is 3.04. The molecule has 2 atom stereocenters. The highest BCUT2D eigenvalue weighted by atomic mass is 19.2. The number of carbonyl (C=O) groups excluding carboxylic acids is 2. The first kappa shape index (κ1) is 22.3. The molecule has 0 heterocycles. The monoisotopic (exact) mass is 406 g/mol. The third kappa shape index (κ3) is 3.77. The minimum atomic E-state index is -1.68. The lowest BCUT2D eigenvalue weighted by atomic mass is 9.95. The van der Waals surface area contributed by atoms with Crippen molar-refractivity contribution in [1.82, 2.24) is 0 Å². The molecule has 0 saturated heterocycles. The molecule has 0 radical (unpaired) electrons. The summed E-state index contributed by atoms with van der Waals surface area (Å²) in [5, 5.41) is 9.85. The molecule has 156 valence electrons. The Morgan fingerprint density at radius 1 is 0.964 bits per heavy atom. The molecule has 28 heavy (non-hydrogen) atoms. The molecule has 0 spiro atoms. The van der Waals surface area contributed by atoms with Gasteiger partial charge in [0.05, 0.1) is 23.7 Å². The molecule has 1 fully saturated rings. The Bertz CT molecular complexity index is 785. The van der Waals surface area contributed by atoms with Crippen LogP contribution < -0.4 is 0 Å². The second-order valence-electron chi connectivity index (χ2n) is 7.95. The number of ether oxygens (including phenoxy) is 2. The minimum absolute atomic E-state index is 0.571. The van der Waals surface area contributed by atoms with E-state index in [0.29, 0.717) is 0 Å². The van der Waals surface area contributed by atoms with Gasteiger partial charge in [-0.3, -0.25) is 9.59 Å². The second kappa shape index (κ2) is 7.44. The summed E-state index contributed by atoms with van der Waals surface area (Å²) in [6.07, 6.45) is 0. The van der Waals surface area contributed by atoms with E-state index in [9.17, 15) is 32.3 Å². The van der Waals surface area contributed by atoms with Crippen LogP contribution in [0.25, 0.3) is 0 Å². The van der Waals surface area contributed by atoms with Gasteiger partial charge in [-0.15, -0.1) is 0 Å². The number of carbonyl (C=O) groups is 2. The van der Waals surface area contributed by atoms with Gasteiger partial charge in [0.2, 0.25) is 0 Å². The third-order valence-electron chi connectivity index (χ3n) is 5.06. The van der Waals surface area contributed by atoms with E-state index in [-0.39, 0.29) is 0 Å². The number of hydrogen-bond donors (Lipinski definition) is 1. The zero-order valence-corrected chi connectivity index (χ0v) is 16.2. The number of rotatable bonds is 7. The van der Waals surface area contributed by atoms with E-state index in [1.54, 1.807) is 13.8 Å². The molecule has 2 unspecified atom stereocenters. The van der Waals surface area contributed by atoms with Gasteiger partial charge in [-0.2, -0.15) is 0 Å². The summed E-state index contributed by atoms with van der Waals surface area (Å²) in [4.78, 5) is 24.5. The van der Waals surface area contributed by atoms with E-state index < -0.39 is 82.2 Å². The molecule has 0 aromatic heterocycles. The van der Waals surface area contributed by atoms with Crippen molar-refractivity contribution in [3.8, 4) is 0 Å². The van der Waals surface area contributed by atoms with Gasteiger partial charge in [-0.05, 0) is 19.3 Å². The molecule has 5 nitrogen and oxygen atoms in total. The molecule has 0 amide bonds. The molecule has 1 aliphatic carbocycles. The molecule has 2 rings (SSSR count). The van der Waals surface area contributed by atoms with Gasteiger partial charge in [-0.1, -0.05) is 13.8 Å². The molecular formula is C19H22F4O5. The zero-order chi connectivity index (χ0) is 21.6. The van der Waals surface area contributed by atoms with Gasteiger partial charge in [0, 0.05) is 13.0 Å². The SMILES string of the molecule is COCc1c(F)c(F)c(COC(=O)C2C(C(=O)C(C)(C)O)C2(C)C)c(F)c1F. The fourth-order valence-electron chi connectivity index (χ4n) is 3.30. The molecule has 0 bridgehead atoms. The van der Waals surface area contributed by atoms with Crippen LogP contribution in [0, 0.1) is 40.5 Å². The summed E-state index contributed by atoms with van der Waals surface area (Å²) in [6, 6.07) is 0. The molecular weight excluding hydrogens is 384 g/mol. The van der Waals surface area contributed by atoms with Gasteiger partial charge in [0.25, 0.3) is 0 Å². The lowest BCUT2D eigenvalue weighted by Crippen LogP contribution is -2.34. The van der Waals surface area contributed by atoms with Gasteiger partial charge in [0.15, 0.2) is 29.1 Å². The summed E-state index contributed by atoms with van der Waals surface area (Å²) in [7, 11) is 1.10. The van der Waals surface area contributed by atoms with E-state index >= 15 is 0 Å². The van der Waals surface area contributed by atoms with Crippen molar-refractivity contribution in [1.29, 1.82) is 0 Å². The quantitative estimate of drug-likeness (QED) is 0.428. The Hall–Kier alpha value is -2.00. The van der Waals surface area contributed by atoms with Crippen LogP contribution in [0.1, 0.15) is 38.8 Å². The average molecular weight is 406 g/mol. The normalized spacial score (nSPS) is 20.8. The number of Topliss-reactive ketones (excluding diaryl/α,β-unsaturated/α-hetero) is 1. The van der Waals surface area contributed by atoms with Gasteiger partial charge < -0.3 is 14.6 Å². The standard InChI is InChI=1S/C19H22F4O5/c1-18(2)10(16(24)19(3,4)26)11(18)17(25)28-7-9-14(22)12(20)8(6-27-5)13(21)15(9)23/h10-11,26H,6-7H2,1-5H3. The van der Waals surface area contributed by atoms with Crippen molar-refractivity contribution in [2.75, 3.05) is 7.11 Å². The third-order valence-corrected chi connectivity index (χ3v) is 5.06. The molecule has 1 aromatic rings. The van der Waals surface area contributed by atoms with Crippen molar-refractivity contribution in [3.05, 3.63) is 34.4 Å². The Balaban J connectivity index is 2.19. The van der Waals surface area contributed by atoms with Crippen molar-refractivity contribution in [2.24, 2.45) is 17.3 Å². The Morgan fingerprint density at radius 2 is 1.39 bits per heavy atom. The molecule has 1 N–H and O–H groups in total. The topological polar surface area (TPSA) is 72.8 Å².